The number of hydrogen-bond acceptors (Lipinski definition) is 2. The van der Waals surface area contributed by atoms with Crippen LogP contribution in [0.25, 0.3) is 0 Å². The van der Waals surface area contributed by atoms with Crippen LogP contribution >= 0.6 is 11.3 Å². The van der Waals surface area contributed by atoms with Crippen molar-refractivity contribution in [2.45, 2.75) is 52.4 Å². The van der Waals surface area contributed by atoms with Crippen molar-refractivity contribution in [1.82, 2.24) is 0 Å². The lowest BCUT2D eigenvalue weighted by Gasteiger charge is -2.18. The maximum Gasteiger partial charge on any atom is 0.151 e. The van der Waals surface area contributed by atoms with E-state index >= 15 is 0 Å². The molecule has 0 aliphatic carbocycles. The lowest BCUT2D eigenvalue weighted by atomic mass is 9.90. The molecule has 1 rings (SSSR count). The highest BCUT2D eigenvalue weighted by atomic mass is 32.1. The Morgan fingerprint density at radius 2 is 1.60 bits per heavy atom. The molecule has 0 aromatic carbocycles. The molecule has 0 N–H and O–H groups in total. The van der Waals surface area contributed by atoms with Gasteiger partial charge in [0.05, 0.1) is 0 Å². The van der Waals surface area contributed by atoms with Crippen LogP contribution in [0.1, 0.15) is 61.7 Å². The zero-order chi connectivity index (χ0) is 11.9. The van der Waals surface area contributed by atoms with Gasteiger partial charge in [-0.15, -0.1) is 11.3 Å². The molecule has 0 aliphatic heterocycles. The summed E-state index contributed by atoms with van der Waals surface area (Å²) in [5.41, 5.74) is 1.05. The molecule has 0 bridgehead atoms. The Morgan fingerprint density at radius 1 is 1.07 bits per heavy atom. The minimum absolute atomic E-state index is 0.0599. The molecule has 1 aromatic rings. The molecule has 0 fully saturated rings. The van der Waals surface area contributed by atoms with Crippen molar-refractivity contribution in [3.63, 3.8) is 0 Å². The normalized spacial score (nSPS) is 12.9. The van der Waals surface area contributed by atoms with Gasteiger partial charge >= 0.3 is 0 Å². The van der Waals surface area contributed by atoms with Crippen LogP contribution < -0.4 is 0 Å². The van der Waals surface area contributed by atoms with Gasteiger partial charge in [-0.25, -0.2) is 0 Å². The van der Waals surface area contributed by atoms with E-state index in [-0.39, 0.29) is 10.8 Å². The second-order valence-corrected chi connectivity index (χ2v) is 7.07. The Labute approximate surface area is 96.5 Å². The molecule has 1 nitrogen and oxygen atoms in total. The maximum atomic E-state index is 11.0. The molecular formula is C13H20OS. The Hall–Kier alpha value is -0.630. The SMILES string of the molecule is CC(C)(C)c1cc(C=O)c(C(C)(C)C)s1. The Morgan fingerprint density at radius 3 is 1.87 bits per heavy atom. The zero-order valence-corrected chi connectivity index (χ0v) is 11.3. The fraction of sp³-hybridized carbons (Fsp3) is 0.615. The highest BCUT2D eigenvalue weighted by molar-refractivity contribution is 7.12. The van der Waals surface area contributed by atoms with Crippen LogP contribution in [0.15, 0.2) is 6.07 Å². The number of rotatable bonds is 1. The molecule has 0 spiro atoms. The van der Waals surface area contributed by atoms with E-state index in [0.29, 0.717) is 0 Å². The van der Waals surface area contributed by atoms with Gasteiger partial charge in [-0.1, -0.05) is 41.5 Å². The molecule has 84 valence electrons. The number of thiophene rings is 1. The number of hydrogen-bond donors (Lipinski definition) is 0. The number of carbonyl (C=O) groups is 1. The zero-order valence-electron chi connectivity index (χ0n) is 10.5. The van der Waals surface area contributed by atoms with Crippen molar-refractivity contribution in [3.8, 4) is 0 Å². The van der Waals surface area contributed by atoms with Crippen LogP contribution in [0.4, 0.5) is 0 Å². The molecule has 0 amide bonds. The molecule has 1 heterocycles. The van der Waals surface area contributed by atoms with E-state index in [1.54, 1.807) is 11.3 Å². The average Bonchev–Trinajstić information content (AvgIpc) is 2.44. The Kier molecular flexibility index (Phi) is 3.11. The van der Waals surface area contributed by atoms with E-state index in [1.807, 2.05) is 6.07 Å². The third-order valence-electron chi connectivity index (χ3n) is 2.31. The molecular weight excluding hydrogens is 204 g/mol. The van der Waals surface area contributed by atoms with E-state index in [2.05, 4.69) is 41.5 Å². The predicted molar refractivity (Wildman–Crippen MR) is 67.1 cm³/mol. The fourth-order valence-electron chi connectivity index (χ4n) is 1.45. The molecule has 2 heteroatoms. The van der Waals surface area contributed by atoms with E-state index in [4.69, 9.17) is 0 Å². The van der Waals surface area contributed by atoms with Gasteiger partial charge in [-0.05, 0) is 16.9 Å². The Balaban J connectivity index is 3.30. The third-order valence-corrected chi connectivity index (χ3v) is 4.31. The largest absolute Gasteiger partial charge is 0.298 e. The van der Waals surface area contributed by atoms with Crippen LogP contribution in [-0.2, 0) is 10.8 Å². The maximum absolute atomic E-state index is 11.0. The van der Waals surface area contributed by atoms with Gasteiger partial charge in [-0.3, -0.25) is 4.79 Å². The molecule has 0 saturated heterocycles. The summed E-state index contributed by atoms with van der Waals surface area (Å²) in [7, 11) is 0. The van der Waals surface area contributed by atoms with Crippen molar-refractivity contribution >= 4 is 17.6 Å². The molecule has 0 atom stereocenters. The summed E-state index contributed by atoms with van der Waals surface area (Å²) in [5.74, 6) is 0. The number of aldehydes is 1. The fourth-order valence-corrected chi connectivity index (χ4v) is 2.69. The van der Waals surface area contributed by atoms with Crippen LogP contribution in [0.5, 0.6) is 0 Å². The summed E-state index contributed by atoms with van der Waals surface area (Å²) in [6, 6.07) is 2.04. The molecule has 15 heavy (non-hydrogen) atoms. The summed E-state index contributed by atoms with van der Waals surface area (Å²) in [5, 5.41) is 0. The summed E-state index contributed by atoms with van der Waals surface area (Å²) < 4.78 is 0. The Bertz CT molecular complexity index is 361. The predicted octanol–water partition coefficient (Wildman–Crippen LogP) is 4.16. The van der Waals surface area contributed by atoms with Crippen molar-refractivity contribution < 1.29 is 4.79 Å². The highest BCUT2D eigenvalue weighted by Gasteiger charge is 2.25. The summed E-state index contributed by atoms with van der Waals surface area (Å²) >= 11 is 1.77. The van der Waals surface area contributed by atoms with Crippen molar-refractivity contribution in [1.29, 1.82) is 0 Å². The van der Waals surface area contributed by atoms with Gasteiger partial charge in [0.2, 0.25) is 0 Å². The molecule has 0 aliphatic rings. The molecule has 1 aromatic heterocycles. The molecule has 0 saturated carbocycles. The van der Waals surface area contributed by atoms with E-state index < -0.39 is 0 Å². The topological polar surface area (TPSA) is 17.1 Å². The van der Waals surface area contributed by atoms with Gasteiger partial charge in [-0.2, -0.15) is 0 Å². The van der Waals surface area contributed by atoms with E-state index in [1.165, 1.54) is 9.75 Å². The first-order valence-electron chi connectivity index (χ1n) is 5.26. The third kappa shape index (κ3) is 2.69. The van der Waals surface area contributed by atoms with Gasteiger partial charge < -0.3 is 0 Å². The minimum atomic E-state index is 0.0599. The second-order valence-electron chi connectivity index (χ2n) is 6.01. The summed E-state index contributed by atoms with van der Waals surface area (Å²) in [6.07, 6.45) is 0.978. The van der Waals surface area contributed by atoms with Crippen LogP contribution in [0.3, 0.4) is 0 Å². The highest BCUT2D eigenvalue weighted by Crippen LogP contribution is 2.37. The standard InChI is InChI=1S/C13H20OS/c1-12(2,3)10-7-9(8-14)11(15-10)13(4,5)6/h7-8H,1-6H3. The lowest BCUT2D eigenvalue weighted by Crippen LogP contribution is -2.11. The van der Waals surface area contributed by atoms with Gasteiger partial charge in [0.15, 0.2) is 6.29 Å². The lowest BCUT2D eigenvalue weighted by molar-refractivity contribution is 0.112. The quantitative estimate of drug-likeness (QED) is 0.655. The second kappa shape index (κ2) is 3.75. The summed E-state index contributed by atoms with van der Waals surface area (Å²) in [6.45, 7) is 13.0. The first kappa shape index (κ1) is 12.4. The first-order valence-corrected chi connectivity index (χ1v) is 6.08. The van der Waals surface area contributed by atoms with Gasteiger partial charge in [0.25, 0.3) is 0 Å². The van der Waals surface area contributed by atoms with Crippen LogP contribution in [0, 0.1) is 0 Å². The molecule has 0 radical (unpaired) electrons. The van der Waals surface area contributed by atoms with Crippen LogP contribution in [0.2, 0.25) is 0 Å². The van der Waals surface area contributed by atoms with E-state index in [9.17, 15) is 4.79 Å². The first-order chi connectivity index (χ1) is 6.66. The van der Waals surface area contributed by atoms with Crippen molar-refractivity contribution in [2.75, 3.05) is 0 Å². The smallest absolute Gasteiger partial charge is 0.151 e. The number of carbonyl (C=O) groups excluding carboxylic acids is 1. The summed E-state index contributed by atoms with van der Waals surface area (Å²) in [4.78, 5) is 13.5. The van der Waals surface area contributed by atoms with Crippen molar-refractivity contribution in [3.05, 3.63) is 21.4 Å². The van der Waals surface area contributed by atoms with Crippen molar-refractivity contribution in [2.24, 2.45) is 0 Å². The van der Waals surface area contributed by atoms with Crippen LogP contribution in [-0.4, -0.2) is 6.29 Å². The average molecular weight is 224 g/mol. The van der Waals surface area contributed by atoms with Gasteiger partial charge in [0.1, 0.15) is 0 Å². The van der Waals surface area contributed by atoms with Gasteiger partial charge in [0, 0.05) is 15.3 Å². The molecule has 0 unspecified atom stereocenters. The van der Waals surface area contributed by atoms with E-state index in [0.717, 1.165) is 11.8 Å². The minimum Gasteiger partial charge on any atom is -0.298 e. The monoisotopic (exact) mass is 224 g/mol.